The summed E-state index contributed by atoms with van der Waals surface area (Å²) in [5.41, 5.74) is 1.58. The van der Waals surface area contributed by atoms with Crippen molar-refractivity contribution < 1.29 is 31.2 Å². The van der Waals surface area contributed by atoms with Crippen LogP contribution >= 0.6 is 34.5 Å². The number of Topliss-reactive ketones (excluding diaryl/α,β-unsaturated/α-hetero) is 1. The highest BCUT2D eigenvalue weighted by Crippen LogP contribution is 2.40. The van der Waals surface area contributed by atoms with E-state index in [0.717, 1.165) is 53.0 Å². The maximum Gasteiger partial charge on any atom is 0.307 e. The molecule has 190 valence electrons. The Balaban J connectivity index is 0.00000304. The van der Waals surface area contributed by atoms with Crippen LogP contribution in [0.25, 0.3) is 0 Å². The molecular weight excluding hydrogens is 537 g/mol. The van der Waals surface area contributed by atoms with Crippen molar-refractivity contribution in [3.8, 4) is 0 Å². The average Bonchev–Trinajstić information content (AvgIpc) is 3.40. The fourth-order valence-electron chi connectivity index (χ4n) is 5.74. The SMILES string of the molecule is O=C(C[C@H]1C[N+]2(CC(=O)c3cccs3)CCC1CC2)OC(c1ccc(Cl)cc1)c1ccccc1Cl.[Cl-]. The molecule has 0 aliphatic carbocycles. The molecule has 36 heavy (non-hydrogen) atoms. The van der Waals surface area contributed by atoms with Gasteiger partial charge in [0, 0.05) is 34.4 Å². The lowest BCUT2D eigenvalue weighted by Gasteiger charge is -2.52. The quantitative estimate of drug-likeness (QED) is 0.237. The highest BCUT2D eigenvalue weighted by molar-refractivity contribution is 7.12. The fraction of sp³-hybridized carbons (Fsp3) is 0.357. The molecule has 0 radical (unpaired) electrons. The summed E-state index contributed by atoms with van der Waals surface area (Å²) in [6.45, 7) is 3.40. The Labute approximate surface area is 232 Å². The van der Waals surface area contributed by atoms with Crippen LogP contribution in [-0.2, 0) is 9.53 Å². The molecule has 3 saturated heterocycles. The summed E-state index contributed by atoms with van der Waals surface area (Å²) in [7, 11) is 0. The van der Waals surface area contributed by atoms with Crippen LogP contribution in [0.5, 0.6) is 0 Å². The molecule has 6 rings (SSSR count). The number of piperidine rings is 3. The number of benzene rings is 2. The van der Waals surface area contributed by atoms with Gasteiger partial charge in [0.25, 0.3) is 0 Å². The standard InChI is InChI=1S/C28H28Cl2NO3S.ClH/c29-22-9-7-20(8-10-22)28(23-4-1-2-5-24(23)30)34-27(33)16-21-17-31(13-11-19(21)12-14-31)18-25(32)26-6-3-15-35-26;/h1-10,15,19,21,28H,11-14,16-18H2;1H/q+1;/p-1/t19?,21-,28?,31?;/m0./s1. The van der Waals surface area contributed by atoms with Crippen LogP contribution in [0.4, 0.5) is 0 Å². The van der Waals surface area contributed by atoms with Gasteiger partial charge in [-0.1, -0.05) is 59.6 Å². The summed E-state index contributed by atoms with van der Waals surface area (Å²) in [6.07, 6.45) is 1.87. The van der Waals surface area contributed by atoms with Crippen molar-refractivity contribution >= 4 is 46.3 Å². The summed E-state index contributed by atoms with van der Waals surface area (Å²) in [6, 6.07) is 18.6. The maximum atomic E-state index is 13.3. The molecule has 1 unspecified atom stereocenters. The normalized spacial score (nSPS) is 23.5. The van der Waals surface area contributed by atoms with Gasteiger partial charge >= 0.3 is 5.97 Å². The molecule has 0 N–H and O–H groups in total. The molecule has 2 atom stereocenters. The van der Waals surface area contributed by atoms with Crippen LogP contribution in [-0.4, -0.2) is 42.4 Å². The van der Waals surface area contributed by atoms with Gasteiger partial charge in [0.15, 0.2) is 6.10 Å². The van der Waals surface area contributed by atoms with E-state index in [1.807, 2.05) is 47.8 Å². The third-order valence-corrected chi connectivity index (χ3v) is 9.06. The second kappa shape index (κ2) is 11.7. The van der Waals surface area contributed by atoms with E-state index < -0.39 is 6.10 Å². The summed E-state index contributed by atoms with van der Waals surface area (Å²) in [5.74, 6) is 0.710. The molecule has 4 heterocycles. The van der Waals surface area contributed by atoms with Crippen molar-refractivity contribution in [2.24, 2.45) is 11.8 Å². The molecule has 8 heteroatoms. The van der Waals surface area contributed by atoms with Gasteiger partial charge in [-0.3, -0.25) is 9.59 Å². The molecular formula is C28H28Cl3NO3S. The van der Waals surface area contributed by atoms with Gasteiger partial charge in [0.2, 0.25) is 5.78 Å². The number of ketones is 1. The van der Waals surface area contributed by atoms with Crippen molar-refractivity contribution in [2.45, 2.75) is 25.4 Å². The van der Waals surface area contributed by atoms with Crippen molar-refractivity contribution in [3.63, 3.8) is 0 Å². The average molecular weight is 565 g/mol. The van der Waals surface area contributed by atoms with Gasteiger partial charge in [0.1, 0.15) is 6.54 Å². The zero-order valence-corrected chi connectivity index (χ0v) is 22.8. The van der Waals surface area contributed by atoms with E-state index in [1.165, 1.54) is 11.3 Å². The highest BCUT2D eigenvalue weighted by atomic mass is 35.5. The summed E-state index contributed by atoms with van der Waals surface area (Å²) < 4.78 is 6.88. The van der Waals surface area contributed by atoms with Gasteiger partial charge in [-0.05, 0) is 41.1 Å². The van der Waals surface area contributed by atoms with Gasteiger partial charge in [-0.25, -0.2) is 0 Å². The summed E-state index contributed by atoms with van der Waals surface area (Å²) in [4.78, 5) is 27.0. The number of thiophene rings is 1. The van der Waals surface area contributed by atoms with Crippen LogP contribution in [0.2, 0.25) is 10.0 Å². The number of carbonyl (C=O) groups excluding carboxylic acids is 2. The molecule has 1 aromatic heterocycles. The van der Waals surface area contributed by atoms with E-state index in [0.29, 0.717) is 28.9 Å². The van der Waals surface area contributed by atoms with Crippen LogP contribution in [0.3, 0.4) is 0 Å². The monoisotopic (exact) mass is 563 g/mol. The highest BCUT2D eigenvalue weighted by Gasteiger charge is 2.47. The lowest BCUT2D eigenvalue weighted by molar-refractivity contribution is -0.939. The molecule has 2 aromatic carbocycles. The van der Waals surface area contributed by atoms with Crippen LogP contribution in [0.1, 0.15) is 46.2 Å². The second-order valence-corrected chi connectivity index (χ2v) is 11.6. The first-order valence-electron chi connectivity index (χ1n) is 12.0. The molecule has 3 aliphatic heterocycles. The number of carbonyl (C=O) groups is 2. The van der Waals surface area contributed by atoms with E-state index in [-0.39, 0.29) is 30.1 Å². The number of fused-ring (bicyclic) bond motifs is 3. The van der Waals surface area contributed by atoms with Gasteiger partial charge < -0.3 is 21.6 Å². The Hall–Kier alpha value is -1.89. The second-order valence-electron chi connectivity index (χ2n) is 9.77. The van der Waals surface area contributed by atoms with E-state index >= 15 is 0 Å². The fourth-order valence-corrected chi connectivity index (χ4v) is 6.76. The van der Waals surface area contributed by atoms with Gasteiger partial charge in [-0.2, -0.15) is 0 Å². The third-order valence-electron chi connectivity index (χ3n) is 7.55. The predicted octanol–water partition coefficient (Wildman–Crippen LogP) is 3.82. The topological polar surface area (TPSA) is 43.4 Å². The van der Waals surface area contributed by atoms with Crippen LogP contribution < -0.4 is 12.4 Å². The number of quaternary nitrogens is 1. The molecule has 3 fully saturated rings. The van der Waals surface area contributed by atoms with Crippen molar-refractivity contribution in [2.75, 3.05) is 26.2 Å². The molecule has 0 spiro atoms. The Morgan fingerprint density at radius 3 is 2.39 bits per heavy atom. The number of rotatable bonds is 8. The maximum absolute atomic E-state index is 13.3. The van der Waals surface area contributed by atoms with Gasteiger partial charge in [0.05, 0.1) is 30.9 Å². The molecule has 3 aliphatic rings. The number of nitrogens with zero attached hydrogens (tertiary/aromatic N) is 1. The van der Waals surface area contributed by atoms with Crippen LogP contribution in [0.15, 0.2) is 66.0 Å². The van der Waals surface area contributed by atoms with Crippen molar-refractivity contribution in [3.05, 3.63) is 92.1 Å². The van der Waals surface area contributed by atoms with E-state index in [1.54, 1.807) is 18.2 Å². The summed E-state index contributed by atoms with van der Waals surface area (Å²) >= 11 is 14.1. The minimum atomic E-state index is -0.599. The largest absolute Gasteiger partial charge is 1.00 e. The van der Waals surface area contributed by atoms with E-state index in [4.69, 9.17) is 27.9 Å². The third kappa shape index (κ3) is 5.98. The lowest BCUT2D eigenvalue weighted by Crippen LogP contribution is -3.00. The predicted molar refractivity (Wildman–Crippen MR) is 140 cm³/mol. The Bertz CT molecular complexity index is 1190. The first-order chi connectivity index (χ1) is 16.9. The number of hydrogen-bond acceptors (Lipinski definition) is 4. The Morgan fingerprint density at radius 1 is 1.00 bits per heavy atom. The zero-order chi connectivity index (χ0) is 24.4. The molecule has 0 saturated carbocycles. The van der Waals surface area contributed by atoms with E-state index in [9.17, 15) is 9.59 Å². The van der Waals surface area contributed by atoms with Crippen molar-refractivity contribution in [1.82, 2.24) is 0 Å². The van der Waals surface area contributed by atoms with Crippen LogP contribution in [0, 0.1) is 11.8 Å². The molecule has 0 amide bonds. The van der Waals surface area contributed by atoms with E-state index in [2.05, 4.69) is 0 Å². The van der Waals surface area contributed by atoms with Gasteiger partial charge in [-0.15, -0.1) is 11.3 Å². The Kier molecular flexibility index (Phi) is 8.79. The molecule has 4 nitrogen and oxygen atoms in total. The number of halogens is 3. The smallest absolute Gasteiger partial charge is 0.307 e. The number of ether oxygens (including phenoxy) is 1. The molecule has 2 bridgehead atoms. The number of esters is 1. The summed E-state index contributed by atoms with van der Waals surface area (Å²) in [5, 5.41) is 3.13. The molecule has 3 aromatic rings. The lowest BCUT2D eigenvalue weighted by atomic mass is 9.75. The van der Waals surface area contributed by atoms with Crippen molar-refractivity contribution in [1.29, 1.82) is 0 Å². The minimum absolute atomic E-state index is 0. The first-order valence-corrected chi connectivity index (χ1v) is 13.7. The zero-order valence-electron chi connectivity index (χ0n) is 19.7. The first kappa shape index (κ1) is 27.2. The minimum Gasteiger partial charge on any atom is -1.00 e. The number of hydrogen-bond donors (Lipinski definition) is 0. The Morgan fingerprint density at radius 2 is 1.72 bits per heavy atom.